The summed E-state index contributed by atoms with van der Waals surface area (Å²) in [6, 6.07) is 8.96. The Bertz CT molecular complexity index is 1920. The van der Waals surface area contributed by atoms with E-state index in [9.17, 15) is 14.0 Å². The molecule has 2 fully saturated rings. The lowest BCUT2D eigenvalue weighted by Gasteiger charge is -2.33. The van der Waals surface area contributed by atoms with E-state index in [-0.39, 0.29) is 24.7 Å². The van der Waals surface area contributed by atoms with Crippen LogP contribution in [0.1, 0.15) is 40.2 Å². The van der Waals surface area contributed by atoms with Gasteiger partial charge in [0.15, 0.2) is 5.82 Å². The number of methoxy groups -OCH3 is 1. The number of alkyl halides is 1. The van der Waals surface area contributed by atoms with Crippen molar-refractivity contribution in [3.8, 4) is 28.5 Å². The molecule has 12 nitrogen and oxygen atoms in total. The first-order valence-corrected chi connectivity index (χ1v) is 14.6. The van der Waals surface area contributed by atoms with E-state index in [0.717, 1.165) is 41.6 Å². The van der Waals surface area contributed by atoms with E-state index < -0.39 is 18.1 Å². The first-order valence-electron chi connectivity index (χ1n) is 14.6. The molecule has 1 aliphatic carbocycles. The summed E-state index contributed by atoms with van der Waals surface area (Å²) in [5.41, 5.74) is 16.0. The van der Waals surface area contributed by atoms with Crippen LogP contribution in [0.4, 0.5) is 4.39 Å². The maximum absolute atomic E-state index is 14.2. The number of pyridine rings is 1. The average Bonchev–Trinajstić information content (AvgIpc) is 3.68. The number of carbonyl (C=O) groups is 2. The van der Waals surface area contributed by atoms with Gasteiger partial charge in [-0.05, 0) is 55.5 Å². The molecule has 4 N–H and O–H groups in total. The number of hydrogen-bond acceptors (Lipinski definition) is 8. The van der Waals surface area contributed by atoms with Crippen molar-refractivity contribution in [2.24, 2.45) is 24.4 Å². The van der Waals surface area contributed by atoms with E-state index in [1.165, 1.54) is 17.3 Å². The van der Waals surface area contributed by atoms with Gasteiger partial charge >= 0.3 is 0 Å². The second-order valence-electron chi connectivity index (χ2n) is 11.7. The van der Waals surface area contributed by atoms with Crippen molar-refractivity contribution < 1.29 is 18.7 Å². The molecule has 1 saturated heterocycles. The molecule has 2 aliphatic rings. The molecule has 0 bridgehead atoms. The molecule has 0 spiro atoms. The minimum Gasteiger partial charge on any atom is -0.494 e. The molecule has 7 rings (SSSR count). The first kappa shape index (κ1) is 27.9. The summed E-state index contributed by atoms with van der Waals surface area (Å²) >= 11 is 0. The highest BCUT2D eigenvalue weighted by atomic mass is 19.1. The van der Waals surface area contributed by atoms with E-state index in [4.69, 9.17) is 26.2 Å². The molecule has 4 aromatic heterocycles. The van der Waals surface area contributed by atoms with Gasteiger partial charge in [-0.25, -0.2) is 24.3 Å². The number of aromatic nitrogens is 6. The van der Waals surface area contributed by atoms with Crippen molar-refractivity contribution >= 4 is 33.9 Å². The number of rotatable bonds is 7. The molecule has 13 heteroatoms. The van der Waals surface area contributed by atoms with Gasteiger partial charge in [0.1, 0.15) is 23.1 Å². The van der Waals surface area contributed by atoms with Crippen LogP contribution < -0.4 is 16.2 Å². The number of primary amides is 1. The molecule has 0 radical (unpaired) electrons. The van der Waals surface area contributed by atoms with Crippen molar-refractivity contribution in [1.82, 2.24) is 34.0 Å². The summed E-state index contributed by atoms with van der Waals surface area (Å²) in [5, 5.41) is 0.941. The monoisotopic (exact) mass is 597 g/mol. The zero-order valence-electron chi connectivity index (χ0n) is 24.4. The van der Waals surface area contributed by atoms with Gasteiger partial charge in [0.05, 0.1) is 30.6 Å². The van der Waals surface area contributed by atoms with Gasteiger partial charge in [-0.2, -0.15) is 0 Å². The normalized spacial score (nSPS) is 18.7. The van der Waals surface area contributed by atoms with E-state index in [1.807, 2.05) is 23.7 Å². The lowest BCUT2D eigenvalue weighted by atomic mass is 10.0. The molecular weight excluding hydrogens is 565 g/mol. The van der Waals surface area contributed by atoms with Gasteiger partial charge < -0.3 is 30.2 Å². The molecule has 226 valence electrons. The summed E-state index contributed by atoms with van der Waals surface area (Å²) in [5.74, 6) is 0.681. The van der Waals surface area contributed by atoms with Crippen molar-refractivity contribution in [3.63, 3.8) is 0 Å². The van der Waals surface area contributed by atoms with Crippen LogP contribution in [0.25, 0.3) is 44.8 Å². The van der Waals surface area contributed by atoms with Crippen LogP contribution in [0, 0.1) is 5.92 Å². The van der Waals surface area contributed by atoms with Crippen molar-refractivity contribution in [3.05, 3.63) is 54.1 Å². The highest BCUT2D eigenvalue weighted by Gasteiger charge is 2.30. The van der Waals surface area contributed by atoms with Gasteiger partial charge in [-0.1, -0.05) is 0 Å². The van der Waals surface area contributed by atoms with E-state index in [2.05, 4.69) is 20.6 Å². The summed E-state index contributed by atoms with van der Waals surface area (Å²) in [4.78, 5) is 44.4. The van der Waals surface area contributed by atoms with Crippen molar-refractivity contribution in [2.75, 3.05) is 20.2 Å². The van der Waals surface area contributed by atoms with Crippen LogP contribution in [0.3, 0.4) is 0 Å². The first-order chi connectivity index (χ1) is 21.2. The fourth-order valence-electron chi connectivity index (χ4n) is 6.05. The highest BCUT2D eigenvalue weighted by molar-refractivity contribution is 6.00. The number of halogens is 1. The number of piperidine rings is 1. The summed E-state index contributed by atoms with van der Waals surface area (Å²) in [7, 11) is 3.47. The Morgan fingerprint density at radius 2 is 1.86 bits per heavy atom. The Balaban J connectivity index is 1.32. The third kappa shape index (κ3) is 4.92. The zero-order valence-corrected chi connectivity index (χ0v) is 24.4. The minimum atomic E-state index is -1.15. The number of nitrogens with zero attached hydrogens (tertiary/aromatic N) is 7. The van der Waals surface area contributed by atoms with Gasteiger partial charge in [-0.15, -0.1) is 0 Å². The van der Waals surface area contributed by atoms with Crippen LogP contribution in [0.15, 0.2) is 42.7 Å². The second kappa shape index (κ2) is 10.7. The number of imidazole rings is 1. The highest BCUT2D eigenvalue weighted by Crippen LogP contribution is 2.38. The summed E-state index contributed by atoms with van der Waals surface area (Å²) in [6.45, 7) is 1.08. The number of nitrogens with two attached hydrogens (primary N) is 2. The molecular formula is C31H32FN9O3. The van der Waals surface area contributed by atoms with Gasteiger partial charge in [0, 0.05) is 55.1 Å². The van der Waals surface area contributed by atoms with Crippen LogP contribution in [-0.4, -0.2) is 78.2 Å². The van der Waals surface area contributed by atoms with Crippen molar-refractivity contribution in [2.45, 2.75) is 38.0 Å². The smallest absolute Gasteiger partial charge is 0.286 e. The number of amides is 2. The lowest BCUT2D eigenvalue weighted by molar-refractivity contribution is 0.0606. The quantitative estimate of drug-likeness (QED) is 0.290. The Morgan fingerprint density at radius 1 is 1.09 bits per heavy atom. The second-order valence-corrected chi connectivity index (χ2v) is 11.7. The largest absolute Gasteiger partial charge is 0.494 e. The maximum atomic E-state index is 14.2. The number of carbonyl (C=O) groups excluding carboxylic acids is 2. The topological polar surface area (TPSA) is 160 Å². The fraction of sp³-hybridized carbons (Fsp3) is 0.355. The Morgan fingerprint density at radius 3 is 2.55 bits per heavy atom. The molecule has 0 unspecified atom stereocenters. The zero-order chi connectivity index (χ0) is 30.7. The number of likely N-dealkylation sites (tertiary alicyclic amines) is 1. The molecule has 1 aromatic carbocycles. The number of fused-ring (bicyclic) bond motifs is 2. The van der Waals surface area contributed by atoms with Crippen LogP contribution in [-0.2, 0) is 13.6 Å². The Kier molecular flexibility index (Phi) is 6.76. The number of ether oxygens (including phenoxy) is 1. The minimum absolute atomic E-state index is 0.0119. The van der Waals surface area contributed by atoms with E-state index in [0.29, 0.717) is 46.4 Å². The van der Waals surface area contributed by atoms with E-state index in [1.54, 1.807) is 19.2 Å². The van der Waals surface area contributed by atoms with Gasteiger partial charge in [0.2, 0.25) is 5.82 Å². The maximum Gasteiger partial charge on any atom is 0.286 e. The van der Waals surface area contributed by atoms with Crippen LogP contribution >= 0.6 is 0 Å². The van der Waals surface area contributed by atoms with Crippen molar-refractivity contribution in [1.29, 1.82) is 0 Å². The molecule has 5 aromatic rings. The third-order valence-corrected chi connectivity index (χ3v) is 8.40. The summed E-state index contributed by atoms with van der Waals surface area (Å²) < 4.78 is 24.1. The average molecular weight is 598 g/mol. The Labute approximate surface area is 251 Å². The number of hydrogen-bond donors (Lipinski definition) is 2. The SMILES string of the molecule is COc1cc(C(=O)N2C[C@H](N)C[C@@H](F)C2)cc2nc(-c3cc4ccc(-c5cnc(C(N)=O)nc5)nc4n3CC3CC3)n(C)c12. The standard InChI is InChI=1S/C31H32FN9O3/c1-39-26-23(7-18(9-25(26)44-2)31(43)40-14-20(32)10-21(33)15-40)38-30(39)24-8-17-5-6-22(19-11-35-28(27(34)42)36-12-19)37-29(17)41(24)13-16-3-4-16/h5-9,11-12,16,20-21H,3-4,10,13-15,33H2,1-2H3,(H2,34,42)/t20-,21-/m1/s1. The van der Waals surface area contributed by atoms with Crippen LogP contribution in [0.2, 0.25) is 0 Å². The fourth-order valence-corrected chi connectivity index (χ4v) is 6.05. The molecule has 5 heterocycles. The number of aryl methyl sites for hydroxylation is 1. The molecule has 1 saturated carbocycles. The predicted octanol–water partition coefficient (Wildman–Crippen LogP) is 3.08. The Hall–Kier alpha value is -4.91. The van der Waals surface area contributed by atoms with Gasteiger partial charge in [-0.3, -0.25) is 9.59 Å². The molecule has 2 amide bonds. The molecule has 2 atom stereocenters. The summed E-state index contributed by atoms with van der Waals surface area (Å²) in [6.07, 6.45) is 4.46. The predicted molar refractivity (Wildman–Crippen MR) is 162 cm³/mol. The number of benzene rings is 1. The third-order valence-electron chi connectivity index (χ3n) is 8.40. The lowest BCUT2D eigenvalue weighted by Crippen LogP contribution is -2.50. The van der Waals surface area contributed by atoms with Gasteiger partial charge in [0.25, 0.3) is 11.8 Å². The molecule has 44 heavy (non-hydrogen) atoms. The molecule has 1 aliphatic heterocycles. The van der Waals surface area contributed by atoms with Crippen LogP contribution in [0.5, 0.6) is 5.75 Å². The van der Waals surface area contributed by atoms with E-state index >= 15 is 0 Å².